The molecule has 18 heavy (non-hydrogen) atoms. The molecule has 0 bridgehead atoms. The van der Waals surface area contributed by atoms with Crippen LogP contribution in [-0.2, 0) is 14.3 Å². The fourth-order valence-electron chi connectivity index (χ4n) is 2.48. The summed E-state index contributed by atoms with van der Waals surface area (Å²) in [7, 11) is 0. The van der Waals surface area contributed by atoms with Crippen molar-refractivity contribution in [3.05, 3.63) is 0 Å². The van der Waals surface area contributed by atoms with Gasteiger partial charge >= 0.3 is 5.97 Å². The maximum absolute atomic E-state index is 11.5. The molecule has 0 aromatic rings. The predicted octanol–water partition coefficient (Wildman–Crippen LogP) is 2.27. The second-order valence-corrected chi connectivity index (χ2v) is 5.35. The number of hydrogen-bond acceptors (Lipinski definition) is 4. The molecule has 0 radical (unpaired) electrons. The summed E-state index contributed by atoms with van der Waals surface area (Å²) in [6.07, 6.45) is 3.96. The minimum absolute atomic E-state index is 0.00211. The van der Waals surface area contributed by atoms with Gasteiger partial charge in [0.25, 0.3) is 0 Å². The molecule has 0 aromatic heterocycles. The predicted molar refractivity (Wildman–Crippen MR) is 71.5 cm³/mol. The van der Waals surface area contributed by atoms with Gasteiger partial charge in [0, 0.05) is 12.6 Å². The van der Waals surface area contributed by atoms with Gasteiger partial charge in [-0.15, -0.1) is 0 Å². The molecule has 1 saturated heterocycles. The van der Waals surface area contributed by atoms with E-state index in [2.05, 4.69) is 19.2 Å². The molecular formula is C14H27NO3. The van der Waals surface area contributed by atoms with E-state index in [0.717, 1.165) is 32.3 Å². The first-order valence-corrected chi connectivity index (χ1v) is 7.08. The summed E-state index contributed by atoms with van der Waals surface area (Å²) in [4.78, 5) is 11.5. The van der Waals surface area contributed by atoms with Gasteiger partial charge in [0.15, 0.2) is 0 Å². The normalized spacial score (nSPS) is 23.1. The van der Waals surface area contributed by atoms with Crippen molar-refractivity contribution in [1.82, 2.24) is 5.32 Å². The lowest BCUT2D eigenvalue weighted by atomic mass is 9.86. The van der Waals surface area contributed by atoms with Gasteiger partial charge in [0.2, 0.25) is 0 Å². The van der Waals surface area contributed by atoms with E-state index in [1.54, 1.807) is 0 Å². The zero-order valence-corrected chi connectivity index (χ0v) is 12.1. The van der Waals surface area contributed by atoms with E-state index in [0.29, 0.717) is 12.6 Å². The molecule has 4 nitrogen and oxygen atoms in total. The van der Waals surface area contributed by atoms with E-state index in [1.165, 1.54) is 0 Å². The second kappa shape index (κ2) is 7.10. The lowest BCUT2D eigenvalue weighted by molar-refractivity contribution is -0.147. The Morgan fingerprint density at radius 1 is 1.44 bits per heavy atom. The average Bonchev–Trinajstić information content (AvgIpc) is 2.36. The topological polar surface area (TPSA) is 47.6 Å². The monoisotopic (exact) mass is 257 g/mol. The van der Waals surface area contributed by atoms with Crippen molar-refractivity contribution in [2.24, 2.45) is 0 Å². The highest BCUT2D eigenvalue weighted by molar-refractivity contribution is 5.71. The van der Waals surface area contributed by atoms with Crippen molar-refractivity contribution >= 4 is 5.97 Å². The van der Waals surface area contributed by atoms with Gasteiger partial charge in [0.1, 0.15) is 0 Å². The van der Waals surface area contributed by atoms with Crippen molar-refractivity contribution in [3.63, 3.8) is 0 Å². The molecule has 1 aliphatic rings. The molecule has 0 aliphatic carbocycles. The highest BCUT2D eigenvalue weighted by atomic mass is 16.5. The van der Waals surface area contributed by atoms with E-state index in [4.69, 9.17) is 9.47 Å². The van der Waals surface area contributed by atoms with Crippen molar-refractivity contribution in [1.29, 1.82) is 0 Å². The Labute approximate surface area is 110 Å². The average molecular weight is 257 g/mol. The quantitative estimate of drug-likeness (QED) is 0.742. The molecular weight excluding hydrogens is 230 g/mol. The Hall–Kier alpha value is -0.610. The summed E-state index contributed by atoms with van der Waals surface area (Å²) in [5.74, 6) is -0.171. The van der Waals surface area contributed by atoms with Crippen molar-refractivity contribution in [2.75, 3.05) is 13.2 Å². The number of esters is 1. The summed E-state index contributed by atoms with van der Waals surface area (Å²) in [6, 6.07) is 0.360. The van der Waals surface area contributed by atoms with Gasteiger partial charge in [-0.25, -0.2) is 0 Å². The Morgan fingerprint density at radius 2 is 2.11 bits per heavy atom. The lowest BCUT2D eigenvalue weighted by Crippen LogP contribution is -2.47. The third-order valence-electron chi connectivity index (χ3n) is 3.68. The standard InChI is InChI=1S/C14H27NO3/c1-5-14(6-2)9-12(7-8-17-14)15-10-13(16)18-11(3)4/h11-12,15H,5-10H2,1-4H3. The number of carbonyl (C=O) groups excluding carboxylic acids is 1. The van der Waals surface area contributed by atoms with Crippen LogP contribution >= 0.6 is 0 Å². The van der Waals surface area contributed by atoms with Gasteiger partial charge in [-0.1, -0.05) is 13.8 Å². The van der Waals surface area contributed by atoms with E-state index < -0.39 is 0 Å². The molecule has 0 saturated carbocycles. The van der Waals surface area contributed by atoms with Crippen molar-refractivity contribution < 1.29 is 14.3 Å². The van der Waals surface area contributed by atoms with Gasteiger partial charge in [0.05, 0.1) is 18.2 Å². The van der Waals surface area contributed by atoms with E-state index in [-0.39, 0.29) is 17.7 Å². The fourth-order valence-corrected chi connectivity index (χ4v) is 2.48. The minimum Gasteiger partial charge on any atom is -0.462 e. The summed E-state index contributed by atoms with van der Waals surface area (Å²) in [6.45, 7) is 9.14. The molecule has 4 heteroatoms. The second-order valence-electron chi connectivity index (χ2n) is 5.35. The first-order valence-electron chi connectivity index (χ1n) is 7.08. The van der Waals surface area contributed by atoms with Crippen molar-refractivity contribution in [3.8, 4) is 0 Å². The Balaban J connectivity index is 2.36. The van der Waals surface area contributed by atoms with Crippen LogP contribution in [0.15, 0.2) is 0 Å². The Bertz CT molecular complexity index is 262. The van der Waals surface area contributed by atoms with Crippen LogP contribution in [0.25, 0.3) is 0 Å². The molecule has 1 N–H and O–H groups in total. The smallest absolute Gasteiger partial charge is 0.320 e. The highest BCUT2D eigenvalue weighted by Crippen LogP contribution is 2.31. The first kappa shape index (κ1) is 15.4. The maximum Gasteiger partial charge on any atom is 0.320 e. The number of rotatable bonds is 6. The molecule has 1 rings (SSSR count). The molecule has 1 heterocycles. The molecule has 1 fully saturated rings. The van der Waals surface area contributed by atoms with Crippen LogP contribution in [0.1, 0.15) is 53.4 Å². The summed E-state index contributed by atoms with van der Waals surface area (Å²) < 4.78 is 11.0. The molecule has 1 atom stereocenters. The molecule has 0 aromatic carbocycles. The van der Waals surface area contributed by atoms with E-state index in [9.17, 15) is 4.79 Å². The number of carbonyl (C=O) groups is 1. The molecule has 0 spiro atoms. The Kier molecular flexibility index (Phi) is 6.09. The zero-order valence-electron chi connectivity index (χ0n) is 12.1. The summed E-state index contributed by atoms with van der Waals surface area (Å²) in [5, 5.41) is 3.30. The number of hydrogen-bond donors (Lipinski definition) is 1. The van der Waals surface area contributed by atoms with Crippen LogP contribution in [0.5, 0.6) is 0 Å². The number of nitrogens with one attached hydrogen (secondary N) is 1. The first-order chi connectivity index (χ1) is 8.51. The largest absolute Gasteiger partial charge is 0.462 e. The van der Waals surface area contributed by atoms with Crippen LogP contribution in [0.2, 0.25) is 0 Å². The summed E-state index contributed by atoms with van der Waals surface area (Å²) >= 11 is 0. The highest BCUT2D eigenvalue weighted by Gasteiger charge is 2.34. The van der Waals surface area contributed by atoms with Crippen LogP contribution in [0, 0.1) is 0 Å². The molecule has 1 aliphatic heterocycles. The van der Waals surface area contributed by atoms with Gasteiger partial charge in [-0.05, 0) is 39.5 Å². The van der Waals surface area contributed by atoms with Crippen LogP contribution in [0.3, 0.4) is 0 Å². The molecule has 106 valence electrons. The van der Waals surface area contributed by atoms with E-state index in [1.807, 2.05) is 13.8 Å². The van der Waals surface area contributed by atoms with Crippen LogP contribution in [0.4, 0.5) is 0 Å². The third kappa shape index (κ3) is 4.58. The molecule has 0 amide bonds. The van der Waals surface area contributed by atoms with Gasteiger partial charge in [-0.2, -0.15) is 0 Å². The lowest BCUT2D eigenvalue weighted by Gasteiger charge is -2.40. The fraction of sp³-hybridized carbons (Fsp3) is 0.929. The molecule has 1 unspecified atom stereocenters. The van der Waals surface area contributed by atoms with Gasteiger partial charge in [-0.3, -0.25) is 4.79 Å². The third-order valence-corrected chi connectivity index (χ3v) is 3.68. The SMILES string of the molecule is CCC1(CC)CC(NCC(=O)OC(C)C)CCO1. The van der Waals surface area contributed by atoms with Gasteiger partial charge < -0.3 is 14.8 Å². The van der Waals surface area contributed by atoms with Crippen LogP contribution < -0.4 is 5.32 Å². The summed E-state index contributed by atoms with van der Waals surface area (Å²) in [5.41, 5.74) is -0.00211. The van der Waals surface area contributed by atoms with Crippen molar-refractivity contribution in [2.45, 2.75) is 71.1 Å². The van der Waals surface area contributed by atoms with E-state index >= 15 is 0 Å². The Morgan fingerprint density at radius 3 is 2.67 bits per heavy atom. The minimum atomic E-state index is -0.171. The van der Waals surface area contributed by atoms with Crippen LogP contribution in [-0.4, -0.2) is 36.9 Å². The zero-order chi connectivity index (χ0) is 13.6. The number of ether oxygens (including phenoxy) is 2. The maximum atomic E-state index is 11.5.